The van der Waals surface area contributed by atoms with Crippen molar-refractivity contribution in [1.82, 2.24) is 15.1 Å². The number of halogens is 3. The zero-order valence-corrected chi connectivity index (χ0v) is 16.6. The number of aromatic nitrogens is 3. The van der Waals surface area contributed by atoms with Gasteiger partial charge in [-0.05, 0) is 29.3 Å². The third-order valence-electron chi connectivity index (χ3n) is 5.09. The zero-order chi connectivity index (χ0) is 22.1. The Morgan fingerprint density at radius 1 is 0.938 bits per heavy atom. The molecule has 2 aromatic heterocycles. The normalized spacial score (nSPS) is 15.6. The largest absolute Gasteiger partial charge is 0.471 e. The van der Waals surface area contributed by atoms with Gasteiger partial charge in [-0.15, -0.1) is 0 Å². The molecular formula is C23H16F3N5O. The van der Waals surface area contributed by atoms with E-state index in [0.29, 0.717) is 6.54 Å². The summed E-state index contributed by atoms with van der Waals surface area (Å²) in [5, 5.41) is 3.57. The predicted molar refractivity (Wildman–Crippen MR) is 112 cm³/mol. The maximum Gasteiger partial charge on any atom is 0.471 e. The second kappa shape index (κ2) is 7.92. The summed E-state index contributed by atoms with van der Waals surface area (Å²) in [6.45, 7) is 0.296. The lowest BCUT2D eigenvalue weighted by Crippen LogP contribution is -2.32. The number of anilines is 1. The van der Waals surface area contributed by atoms with Crippen molar-refractivity contribution >= 4 is 11.9 Å². The van der Waals surface area contributed by atoms with Crippen LogP contribution in [-0.2, 0) is 12.7 Å². The van der Waals surface area contributed by atoms with Crippen molar-refractivity contribution in [3.63, 3.8) is 0 Å². The fraction of sp³-hybridized carbons (Fsp3) is 0.130. The SMILES string of the molecule is FC(F)(F)c1nc(C2N=Cc3c(-c4ccccc4)cccc3N2Cc2ccccn2)no1. The molecule has 5 rings (SSSR count). The Hall–Kier alpha value is -4.01. The van der Waals surface area contributed by atoms with Gasteiger partial charge < -0.3 is 9.42 Å². The minimum Gasteiger partial charge on any atom is -0.337 e. The Bertz CT molecular complexity index is 1260. The first kappa shape index (κ1) is 19.9. The standard InChI is InChI=1S/C23H16F3N5O/c24-23(25,26)22-29-20(30-32-22)21-28-13-18-17(15-7-2-1-3-8-15)10-6-11-19(18)31(21)14-16-9-4-5-12-27-16/h1-13,21H,14H2. The Balaban J connectivity index is 1.61. The van der Waals surface area contributed by atoms with Gasteiger partial charge in [0.1, 0.15) is 0 Å². The number of fused-ring (bicyclic) bond motifs is 1. The van der Waals surface area contributed by atoms with Crippen molar-refractivity contribution in [2.24, 2.45) is 4.99 Å². The minimum absolute atomic E-state index is 0.166. The number of hydrogen-bond acceptors (Lipinski definition) is 6. The number of hydrogen-bond donors (Lipinski definition) is 0. The first-order valence-electron chi connectivity index (χ1n) is 9.79. The van der Waals surface area contributed by atoms with Gasteiger partial charge in [0.05, 0.1) is 12.2 Å². The quantitative estimate of drug-likeness (QED) is 0.436. The Morgan fingerprint density at radius 2 is 1.75 bits per heavy atom. The van der Waals surface area contributed by atoms with Gasteiger partial charge in [-0.2, -0.15) is 18.2 Å². The van der Waals surface area contributed by atoms with Gasteiger partial charge in [0.2, 0.25) is 5.82 Å². The molecule has 1 atom stereocenters. The number of aliphatic imine (C=N–C) groups is 1. The first-order chi connectivity index (χ1) is 15.5. The van der Waals surface area contributed by atoms with Crippen LogP contribution in [0.3, 0.4) is 0 Å². The maximum absolute atomic E-state index is 13.0. The van der Waals surface area contributed by atoms with E-state index in [4.69, 9.17) is 0 Å². The van der Waals surface area contributed by atoms with Crippen LogP contribution < -0.4 is 4.90 Å². The van der Waals surface area contributed by atoms with Crippen molar-refractivity contribution in [2.75, 3.05) is 4.90 Å². The second-order valence-electron chi connectivity index (χ2n) is 7.16. The first-order valence-corrected chi connectivity index (χ1v) is 9.79. The van der Waals surface area contributed by atoms with E-state index in [-0.39, 0.29) is 5.82 Å². The summed E-state index contributed by atoms with van der Waals surface area (Å²) in [4.78, 5) is 14.3. The van der Waals surface area contributed by atoms with Crippen LogP contribution in [0.15, 0.2) is 82.4 Å². The van der Waals surface area contributed by atoms with Crippen LogP contribution in [0.2, 0.25) is 0 Å². The molecule has 3 heterocycles. The summed E-state index contributed by atoms with van der Waals surface area (Å²) in [5.74, 6) is -1.57. The van der Waals surface area contributed by atoms with E-state index in [0.717, 1.165) is 28.1 Å². The number of pyridine rings is 1. The summed E-state index contributed by atoms with van der Waals surface area (Å²) < 4.78 is 43.6. The van der Waals surface area contributed by atoms with Crippen molar-refractivity contribution in [3.8, 4) is 11.1 Å². The molecule has 0 saturated heterocycles. The molecule has 0 fully saturated rings. The van der Waals surface area contributed by atoms with Crippen molar-refractivity contribution in [3.05, 3.63) is 95.9 Å². The summed E-state index contributed by atoms with van der Waals surface area (Å²) in [6.07, 6.45) is -2.31. The molecular weight excluding hydrogens is 419 g/mol. The molecule has 32 heavy (non-hydrogen) atoms. The van der Waals surface area contributed by atoms with E-state index in [2.05, 4.69) is 24.6 Å². The fourth-order valence-corrected chi connectivity index (χ4v) is 3.66. The van der Waals surface area contributed by atoms with Gasteiger partial charge in [-0.1, -0.05) is 53.7 Å². The maximum atomic E-state index is 13.0. The molecule has 0 saturated carbocycles. The lowest BCUT2D eigenvalue weighted by atomic mass is 9.97. The molecule has 4 aromatic rings. The van der Waals surface area contributed by atoms with Crippen LogP contribution in [0, 0.1) is 0 Å². The Labute approximate surface area is 181 Å². The van der Waals surface area contributed by atoms with E-state index in [9.17, 15) is 13.2 Å². The van der Waals surface area contributed by atoms with Gasteiger partial charge in [-0.3, -0.25) is 9.98 Å². The topological polar surface area (TPSA) is 67.4 Å². The monoisotopic (exact) mass is 435 g/mol. The van der Waals surface area contributed by atoms with Gasteiger partial charge in [0.25, 0.3) is 0 Å². The van der Waals surface area contributed by atoms with Crippen molar-refractivity contribution < 1.29 is 17.7 Å². The molecule has 160 valence electrons. The highest BCUT2D eigenvalue weighted by Crippen LogP contribution is 2.39. The smallest absolute Gasteiger partial charge is 0.337 e. The molecule has 0 amide bonds. The lowest BCUT2D eigenvalue weighted by molar-refractivity contribution is -0.159. The summed E-state index contributed by atoms with van der Waals surface area (Å²) in [7, 11) is 0. The molecule has 6 nitrogen and oxygen atoms in total. The lowest BCUT2D eigenvalue weighted by Gasteiger charge is -2.34. The van der Waals surface area contributed by atoms with Gasteiger partial charge in [-0.25, -0.2) is 0 Å². The van der Waals surface area contributed by atoms with E-state index >= 15 is 0 Å². The predicted octanol–water partition coefficient (Wildman–Crippen LogP) is 5.29. The average molecular weight is 435 g/mol. The fourth-order valence-electron chi connectivity index (χ4n) is 3.66. The van der Waals surface area contributed by atoms with E-state index in [1.807, 2.05) is 65.6 Å². The third kappa shape index (κ3) is 3.73. The highest BCUT2D eigenvalue weighted by atomic mass is 19.4. The molecule has 0 radical (unpaired) electrons. The summed E-state index contributed by atoms with van der Waals surface area (Å²) in [6, 6.07) is 21.1. The summed E-state index contributed by atoms with van der Waals surface area (Å²) >= 11 is 0. The molecule has 1 aliphatic heterocycles. The van der Waals surface area contributed by atoms with Crippen LogP contribution in [-0.4, -0.2) is 21.3 Å². The van der Waals surface area contributed by atoms with Crippen LogP contribution in [0.1, 0.15) is 29.1 Å². The molecule has 0 spiro atoms. The van der Waals surface area contributed by atoms with Crippen LogP contribution in [0.25, 0.3) is 11.1 Å². The zero-order valence-electron chi connectivity index (χ0n) is 16.6. The third-order valence-corrected chi connectivity index (χ3v) is 5.09. The average Bonchev–Trinajstić information content (AvgIpc) is 3.31. The highest BCUT2D eigenvalue weighted by molar-refractivity contribution is 5.98. The Morgan fingerprint density at radius 3 is 2.47 bits per heavy atom. The van der Waals surface area contributed by atoms with Gasteiger partial charge in [0.15, 0.2) is 6.17 Å². The van der Waals surface area contributed by atoms with E-state index < -0.39 is 18.2 Å². The van der Waals surface area contributed by atoms with Crippen molar-refractivity contribution in [2.45, 2.75) is 18.9 Å². The van der Waals surface area contributed by atoms with Crippen molar-refractivity contribution in [1.29, 1.82) is 0 Å². The van der Waals surface area contributed by atoms with Crippen LogP contribution >= 0.6 is 0 Å². The molecule has 0 aliphatic carbocycles. The molecule has 1 unspecified atom stereocenters. The number of benzene rings is 2. The number of nitrogens with zero attached hydrogens (tertiary/aromatic N) is 5. The molecule has 0 N–H and O–H groups in total. The van der Waals surface area contributed by atoms with E-state index in [1.54, 1.807) is 18.5 Å². The number of rotatable bonds is 4. The van der Waals surface area contributed by atoms with Crippen LogP contribution in [0.5, 0.6) is 0 Å². The van der Waals surface area contributed by atoms with Gasteiger partial charge >= 0.3 is 12.1 Å². The summed E-state index contributed by atoms with van der Waals surface area (Å²) in [5.41, 5.74) is 4.33. The molecule has 0 bridgehead atoms. The van der Waals surface area contributed by atoms with Gasteiger partial charge in [0, 0.05) is 23.7 Å². The molecule has 2 aromatic carbocycles. The molecule has 1 aliphatic rings. The Kier molecular flexibility index (Phi) is 4.93. The number of alkyl halides is 3. The van der Waals surface area contributed by atoms with E-state index in [1.165, 1.54) is 0 Å². The highest BCUT2D eigenvalue weighted by Gasteiger charge is 2.40. The molecule has 9 heteroatoms. The van der Waals surface area contributed by atoms with Crippen LogP contribution in [0.4, 0.5) is 18.9 Å². The minimum atomic E-state index is -4.73. The second-order valence-corrected chi connectivity index (χ2v) is 7.16.